The molecule has 5 aromatic rings. The second-order valence-electron chi connectivity index (χ2n) is 8.56. The van der Waals surface area contributed by atoms with Crippen LogP contribution >= 0.6 is 0 Å². The van der Waals surface area contributed by atoms with Crippen LogP contribution in [0.1, 0.15) is 22.0 Å². The van der Waals surface area contributed by atoms with Crippen LogP contribution in [0.4, 0.5) is 5.82 Å². The van der Waals surface area contributed by atoms with Gasteiger partial charge in [-0.3, -0.25) is 9.48 Å². The van der Waals surface area contributed by atoms with Crippen LogP contribution in [0.2, 0.25) is 0 Å². The Hall–Kier alpha value is -4.73. The molecule has 0 saturated heterocycles. The molecule has 6 rings (SSSR count). The minimum atomic E-state index is -0.400. The van der Waals surface area contributed by atoms with Crippen LogP contribution in [0.15, 0.2) is 59.8 Å². The smallest absolute Gasteiger partial charge is 0.344 e. The van der Waals surface area contributed by atoms with Crippen LogP contribution in [-0.4, -0.2) is 49.2 Å². The summed E-state index contributed by atoms with van der Waals surface area (Å²) >= 11 is 0. The third kappa shape index (κ3) is 3.30. The summed E-state index contributed by atoms with van der Waals surface area (Å²) in [4.78, 5) is 37.3. The number of pyridine rings is 1. The quantitative estimate of drug-likeness (QED) is 0.417. The fourth-order valence-corrected chi connectivity index (χ4v) is 4.63. The molecule has 174 valence electrons. The number of H-pyrrole nitrogens is 1. The normalized spacial score (nSPS) is 14.7. The molecule has 10 heteroatoms. The number of nitrogens with two attached hydrogens (primary N) is 1. The highest BCUT2D eigenvalue weighted by Crippen LogP contribution is 2.39. The Morgan fingerprint density at radius 2 is 2.03 bits per heavy atom. The predicted molar refractivity (Wildman–Crippen MR) is 131 cm³/mol. The molecule has 0 spiro atoms. The number of ether oxygens (including phenoxy) is 1. The van der Waals surface area contributed by atoms with Crippen LogP contribution in [0.3, 0.4) is 0 Å². The number of aromatic nitrogens is 5. The van der Waals surface area contributed by atoms with Crippen LogP contribution < -0.4 is 16.2 Å². The van der Waals surface area contributed by atoms with Crippen LogP contribution in [0.25, 0.3) is 32.9 Å². The maximum atomic E-state index is 13.5. The van der Waals surface area contributed by atoms with Gasteiger partial charge in [0.1, 0.15) is 18.2 Å². The molecule has 2 aromatic carbocycles. The summed E-state index contributed by atoms with van der Waals surface area (Å²) in [7, 11) is 3.61. The molecule has 0 fully saturated rings. The van der Waals surface area contributed by atoms with Gasteiger partial charge in [-0.15, -0.1) is 0 Å². The fourth-order valence-electron chi connectivity index (χ4n) is 4.63. The molecule has 4 heterocycles. The van der Waals surface area contributed by atoms with Gasteiger partial charge in [0.15, 0.2) is 0 Å². The number of likely N-dealkylation sites (N-methyl/N-ethyl adjacent to an activating group) is 1. The van der Waals surface area contributed by atoms with E-state index in [0.29, 0.717) is 29.3 Å². The number of nitrogens with zero attached hydrogens (tertiary/aromatic N) is 5. The lowest BCUT2D eigenvalue weighted by molar-refractivity contribution is 0.0708. The van der Waals surface area contributed by atoms with Crippen molar-refractivity contribution in [3.63, 3.8) is 0 Å². The van der Waals surface area contributed by atoms with E-state index in [1.807, 2.05) is 37.4 Å². The number of carbonyl (C=O) groups excluding carboxylic acids is 1. The van der Waals surface area contributed by atoms with Gasteiger partial charge in [-0.1, -0.05) is 12.1 Å². The number of anilines is 1. The van der Waals surface area contributed by atoms with Crippen molar-refractivity contribution in [2.45, 2.75) is 6.04 Å². The van der Waals surface area contributed by atoms with Crippen molar-refractivity contribution in [3.8, 4) is 16.9 Å². The Morgan fingerprint density at radius 1 is 1.17 bits per heavy atom. The topological polar surface area (TPSA) is 132 Å². The van der Waals surface area contributed by atoms with E-state index in [1.165, 1.54) is 6.20 Å². The zero-order valence-corrected chi connectivity index (χ0v) is 19.0. The highest BCUT2D eigenvalue weighted by Gasteiger charge is 2.31. The minimum Gasteiger partial charge on any atom is -0.491 e. The van der Waals surface area contributed by atoms with E-state index in [1.54, 1.807) is 35.1 Å². The SMILES string of the molecule is CN(C(=O)c1ccc2nc(N)c3cnn(C)c3c2c1)[C@@H]1COc2cc(-c3cnc(=O)[nH]c3)ccc21. The summed E-state index contributed by atoms with van der Waals surface area (Å²) in [5.41, 5.74) is 10.3. The standard InChI is InChI=1S/C25H21N7O3/c1-31(20-12-35-21-8-13(3-5-16(20)21)15-9-27-25(34)28-10-15)24(33)14-4-6-19-17(7-14)22-18(23(26)30-19)11-29-32(22)2/h3-11,20H,12H2,1-2H3,(H2,26,30)(H,27,28,34)/t20-/m1/s1. The maximum Gasteiger partial charge on any atom is 0.344 e. The first kappa shape index (κ1) is 20.8. The number of hydrogen-bond donors (Lipinski definition) is 2. The zero-order chi connectivity index (χ0) is 24.3. The third-order valence-electron chi connectivity index (χ3n) is 6.52. The largest absolute Gasteiger partial charge is 0.491 e. The van der Waals surface area contributed by atoms with Gasteiger partial charge in [-0.2, -0.15) is 5.10 Å². The number of fused-ring (bicyclic) bond motifs is 4. The number of nitrogen functional groups attached to an aromatic ring is 1. The number of benzene rings is 2. The van der Waals surface area contributed by atoms with Crippen molar-refractivity contribution in [3.05, 3.63) is 76.6 Å². The molecule has 0 saturated carbocycles. The molecule has 35 heavy (non-hydrogen) atoms. The van der Waals surface area contributed by atoms with Crippen molar-refractivity contribution >= 4 is 33.5 Å². The molecule has 0 bridgehead atoms. The van der Waals surface area contributed by atoms with E-state index in [4.69, 9.17) is 10.5 Å². The summed E-state index contributed by atoms with van der Waals surface area (Å²) < 4.78 is 7.67. The summed E-state index contributed by atoms with van der Waals surface area (Å²) in [6.45, 7) is 0.350. The molecule has 3 aromatic heterocycles. The maximum absolute atomic E-state index is 13.5. The highest BCUT2D eigenvalue weighted by molar-refractivity contribution is 6.10. The number of aromatic amines is 1. The van der Waals surface area contributed by atoms with Gasteiger partial charge in [0.05, 0.1) is 28.7 Å². The molecule has 0 unspecified atom stereocenters. The first-order valence-corrected chi connectivity index (χ1v) is 11.0. The summed E-state index contributed by atoms with van der Waals surface area (Å²) in [6.07, 6.45) is 4.81. The third-order valence-corrected chi connectivity index (χ3v) is 6.52. The van der Waals surface area contributed by atoms with Crippen LogP contribution in [0, 0.1) is 0 Å². The lowest BCUT2D eigenvalue weighted by Crippen LogP contribution is -2.32. The number of hydrogen-bond acceptors (Lipinski definition) is 7. The van der Waals surface area contributed by atoms with Gasteiger partial charge in [-0.05, 0) is 29.8 Å². The Labute approximate surface area is 199 Å². The van der Waals surface area contributed by atoms with Gasteiger partial charge < -0.3 is 20.4 Å². The second-order valence-corrected chi connectivity index (χ2v) is 8.56. The van der Waals surface area contributed by atoms with E-state index < -0.39 is 5.69 Å². The monoisotopic (exact) mass is 467 g/mol. The molecule has 1 aliphatic rings. The molecular formula is C25H21N7O3. The minimum absolute atomic E-state index is 0.130. The predicted octanol–water partition coefficient (Wildman–Crippen LogP) is 2.66. The molecule has 0 aliphatic carbocycles. The van der Waals surface area contributed by atoms with E-state index >= 15 is 0 Å². The van der Waals surface area contributed by atoms with Crippen molar-refractivity contribution in [1.82, 2.24) is 29.6 Å². The first-order chi connectivity index (χ1) is 16.9. The highest BCUT2D eigenvalue weighted by atomic mass is 16.5. The lowest BCUT2D eigenvalue weighted by Gasteiger charge is -2.24. The molecule has 1 atom stereocenters. The van der Waals surface area contributed by atoms with Gasteiger partial charge in [-0.25, -0.2) is 14.8 Å². The summed E-state index contributed by atoms with van der Waals surface area (Å²) in [6, 6.07) is 10.9. The number of rotatable bonds is 3. The number of carbonyl (C=O) groups is 1. The van der Waals surface area contributed by atoms with Crippen molar-refractivity contribution in [2.75, 3.05) is 19.4 Å². The van der Waals surface area contributed by atoms with E-state index in [2.05, 4.69) is 20.1 Å². The van der Waals surface area contributed by atoms with Gasteiger partial charge in [0.2, 0.25) is 0 Å². The Bertz CT molecular complexity index is 1690. The Morgan fingerprint density at radius 3 is 2.83 bits per heavy atom. The van der Waals surface area contributed by atoms with Crippen LogP contribution in [-0.2, 0) is 7.05 Å². The average molecular weight is 467 g/mol. The lowest BCUT2D eigenvalue weighted by atomic mass is 10.0. The zero-order valence-electron chi connectivity index (χ0n) is 19.0. The number of amides is 1. The van der Waals surface area contributed by atoms with Crippen molar-refractivity contribution < 1.29 is 9.53 Å². The van der Waals surface area contributed by atoms with E-state index in [9.17, 15) is 9.59 Å². The Kier molecular flexibility index (Phi) is 4.56. The average Bonchev–Trinajstić information content (AvgIpc) is 3.47. The number of aryl methyl sites for hydroxylation is 1. The van der Waals surface area contributed by atoms with Crippen molar-refractivity contribution in [2.24, 2.45) is 7.05 Å². The molecular weight excluding hydrogens is 446 g/mol. The molecule has 1 amide bonds. The van der Waals surface area contributed by atoms with Gasteiger partial charge in [0.25, 0.3) is 5.91 Å². The molecule has 3 N–H and O–H groups in total. The molecule has 1 aliphatic heterocycles. The second kappa shape index (κ2) is 7.66. The van der Waals surface area contributed by atoms with Crippen molar-refractivity contribution in [1.29, 1.82) is 0 Å². The Balaban J connectivity index is 1.33. The van der Waals surface area contributed by atoms with Gasteiger partial charge >= 0.3 is 5.69 Å². The van der Waals surface area contributed by atoms with E-state index in [0.717, 1.165) is 33.0 Å². The van der Waals surface area contributed by atoms with Gasteiger partial charge in [0, 0.05) is 48.6 Å². The molecule has 0 radical (unpaired) electrons. The first-order valence-electron chi connectivity index (χ1n) is 11.0. The summed E-state index contributed by atoms with van der Waals surface area (Å²) in [5, 5.41) is 5.87. The summed E-state index contributed by atoms with van der Waals surface area (Å²) in [5.74, 6) is 0.982. The van der Waals surface area contributed by atoms with Crippen LogP contribution in [0.5, 0.6) is 5.75 Å². The van der Waals surface area contributed by atoms with E-state index in [-0.39, 0.29) is 11.9 Å². The fraction of sp³-hybridized carbons (Fsp3) is 0.160. The number of nitrogens with one attached hydrogen (secondary N) is 1. The molecule has 10 nitrogen and oxygen atoms in total.